The molecular formula is C14H19FN2O. The number of likely N-dealkylation sites (tertiary alicyclic amines) is 1. The highest BCUT2D eigenvalue weighted by Gasteiger charge is 2.25. The van der Waals surface area contributed by atoms with Gasteiger partial charge in [0, 0.05) is 20.1 Å². The zero-order chi connectivity index (χ0) is 13.1. The maximum atomic E-state index is 13.6. The fourth-order valence-corrected chi connectivity index (χ4v) is 2.40. The van der Waals surface area contributed by atoms with Gasteiger partial charge in [0.1, 0.15) is 5.82 Å². The van der Waals surface area contributed by atoms with E-state index in [9.17, 15) is 9.18 Å². The number of benzene rings is 1. The molecule has 1 unspecified atom stereocenters. The van der Waals surface area contributed by atoms with Gasteiger partial charge < -0.3 is 4.90 Å². The van der Waals surface area contributed by atoms with Gasteiger partial charge in [-0.05, 0) is 30.9 Å². The molecule has 1 aromatic carbocycles. The Kier molecular flexibility index (Phi) is 3.84. The predicted molar refractivity (Wildman–Crippen MR) is 70.2 cm³/mol. The Morgan fingerprint density at radius 2 is 2.17 bits per heavy atom. The van der Waals surface area contributed by atoms with Gasteiger partial charge in [-0.15, -0.1) is 0 Å². The van der Waals surface area contributed by atoms with Crippen LogP contribution < -0.4 is 4.90 Å². The van der Waals surface area contributed by atoms with Crippen molar-refractivity contribution in [1.82, 2.24) is 4.90 Å². The summed E-state index contributed by atoms with van der Waals surface area (Å²) in [4.78, 5) is 15.5. The lowest BCUT2D eigenvalue weighted by molar-refractivity contribution is 0.177. The summed E-state index contributed by atoms with van der Waals surface area (Å²) in [7, 11) is 1.63. The van der Waals surface area contributed by atoms with Crippen molar-refractivity contribution in [3.63, 3.8) is 0 Å². The largest absolute Gasteiger partial charge is 0.324 e. The van der Waals surface area contributed by atoms with Crippen molar-refractivity contribution in [2.45, 2.75) is 19.8 Å². The smallest absolute Gasteiger partial charge is 0.324 e. The minimum Gasteiger partial charge on any atom is -0.324 e. The van der Waals surface area contributed by atoms with Crippen LogP contribution in [0.3, 0.4) is 0 Å². The number of urea groups is 1. The molecule has 1 aromatic rings. The molecule has 0 bridgehead atoms. The molecule has 0 spiro atoms. The van der Waals surface area contributed by atoms with Crippen LogP contribution in [0, 0.1) is 11.7 Å². The molecule has 0 N–H and O–H groups in total. The highest BCUT2D eigenvalue weighted by Crippen LogP contribution is 2.21. The molecule has 1 saturated heterocycles. The fourth-order valence-electron chi connectivity index (χ4n) is 2.40. The van der Waals surface area contributed by atoms with Gasteiger partial charge in [-0.1, -0.05) is 19.1 Å². The maximum Gasteiger partial charge on any atom is 0.324 e. The number of halogens is 1. The molecule has 0 aliphatic carbocycles. The van der Waals surface area contributed by atoms with E-state index in [0.29, 0.717) is 11.6 Å². The Bertz CT molecular complexity index is 436. The Labute approximate surface area is 107 Å². The number of rotatable bonds is 1. The van der Waals surface area contributed by atoms with Gasteiger partial charge in [0.15, 0.2) is 0 Å². The van der Waals surface area contributed by atoms with Crippen LogP contribution in [-0.2, 0) is 0 Å². The average Bonchev–Trinajstić information content (AvgIpc) is 2.37. The number of amides is 2. The minimum atomic E-state index is -0.363. The Morgan fingerprint density at radius 1 is 1.44 bits per heavy atom. The number of hydrogen-bond acceptors (Lipinski definition) is 1. The van der Waals surface area contributed by atoms with Crippen LogP contribution in [0.4, 0.5) is 14.9 Å². The zero-order valence-electron chi connectivity index (χ0n) is 10.9. The molecule has 1 atom stereocenters. The van der Waals surface area contributed by atoms with Gasteiger partial charge in [0.25, 0.3) is 0 Å². The number of anilines is 1. The molecule has 4 heteroatoms. The third kappa shape index (κ3) is 2.63. The first-order valence-corrected chi connectivity index (χ1v) is 6.36. The summed E-state index contributed by atoms with van der Waals surface area (Å²) in [5, 5.41) is 0. The van der Waals surface area contributed by atoms with Crippen LogP contribution in [0.1, 0.15) is 19.8 Å². The molecule has 0 radical (unpaired) electrons. The summed E-state index contributed by atoms with van der Waals surface area (Å²) in [6.45, 7) is 3.67. The molecule has 1 heterocycles. The lowest BCUT2D eigenvalue weighted by Crippen LogP contribution is -2.46. The first-order chi connectivity index (χ1) is 8.59. The second kappa shape index (κ2) is 5.38. The van der Waals surface area contributed by atoms with Crippen molar-refractivity contribution in [3.05, 3.63) is 30.1 Å². The zero-order valence-corrected chi connectivity index (χ0v) is 10.9. The molecule has 0 aromatic heterocycles. The Balaban J connectivity index is 2.11. The summed E-state index contributed by atoms with van der Waals surface area (Å²) in [6, 6.07) is 6.24. The second-order valence-electron chi connectivity index (χ2n) is 4.99. The van der Waals surface area contributed by atoms with Crippen molar-refractivity contribution in [1.29, 1.82) is 0 Å². The maximum absolute atomic E-state index is 13.6. The van der Waals surface area contributed by atoms with Crippen LogP contribution in [0.5, 0.6) is 0 Å². The first kappa shape index (κ1) is 12.9. The lowest BCUT2D eigenvalue weighted by atomic mass is 10.0. The van der Waals surface area contributed by atoms with Gasteiger partial charge in [-0.2, -0.15) is 0 Å². The summed E-state index contributed by atoms with van der Waals surface area (Å²) in [6.07, 6.45) is 2.19. The van der Waals surface area contributed by atoms with Gasteiger partial charge in [-0.25, -0.2) is 9.18 Å². The third-order valence-corrected chi connectivity index (χ3v) is 3.43. The third-order valence-electron chi connectivity index (χ3n) is 3.43. The molecule has 0 saturated carbocycles. The lowest BCUT2D eigenvalue weighted by Gasteiger charge is -2.34. The molecule has 18 heavy (non-hydrogen) atoms. The summed E-state index contributed by atoms with van der Waals surface area (Å²) in [5.41, 5.74) is 0.334. The second-order valence-corrected chi connectivity index (χ2v) is 4.99. The van der Waals surface area contributed by atoms with Crippen LogP contribution in [0.2, 0.25) is 0 Å². The van der Waals surface area contributed by atoms with E-state index in [4.69, 9.17) is 0 Å². The highest BCUT2D eigenvalue weighted by atomic mass is 19.1. The van der Waals surface area contributed by atoms with Crippen molar-refractivity contribution >= 4 is 11.7 Å². The summed E-state index contributed by atoms with van der Waals surface area (Å²) >= 11 is 0. The topological polar surface area (TPSA) is 23.6 Å². The van der Waals surface area contributed by atoms with Gasteiger partial charge in [0.2, 0.25) is 0 Å². The highest BCUT2D eigenvalue weighted by molar-refractivity contribution is 5.91. The van der Waals surface area contributed by atoms with Crippen molar-refractivity contribution in [3.8, 4) is 0 Å². The summed E-state index contributed by atoms with van der Waals surface area (Å²) in [5.74, 6) is 0.162. The van der Waals surface area contributed by atoms with Crippen LogP contribution >= 0.6 is 0 Å². The van der Waals surface area contributed by atoms with E-state index in [1.54, 1.807) is 30.1 Å². The Morgan fingerprint density at radius 3 is 2.83 bits per heavy atom. The first-order valence-electron chi connectivity index (χ1n) is 6.36. The van der Waals surface area contributed by atoms with Crippen molar-refractivity contribution in [2.24, 2.45) is 5.92 Å². The van der Waals surface area contributed by atoms with Gasteiger partial charge in [0.05, 0.1) is 5.69 Å². The van der Waals surface area contributed by atoms with E-state index in [1.807, 2.05) is 0 Å². The van der Waals surface area contributed by atoms with Gasteiger partial charge >= 0.3 is 6.03 Å². The van der Waals surface area contributed by atoms with Gasteiger partial charge in [-0.3, -0.25) is 4.90 Å². The van der Waals surface area contributed by atoms with Crippen molar-refractivity contribution < 1.29 is 9.18 Å². The number of piperidine rings is 1. The van der Waals surface area contributed by atoms with Crippen LogP contribution in [0.15, 0.2) is 24.3 Å². The molecule has 1 fully saturated rings. The van der Waals surface area contributed by atoms with E-state index < -0.39 is 0 Å². The SMILES string of the molecule is CC1CCCN(C(=O)N(C)c2ccccc2F)C1. The van der Waals surface area contributed by atoms with Crippen molar-refractivity contribution in [2.75, 3.05) is 25.0 Å². The number of carbonyl (C=O) groups excluding carboxylic acids is 1. The van der Waals surface area contributed by atoms with Crippen LogP contribution in [-0.4, -0.2) is 31.1 Å². The average molecular weight is 250 g/mol. The van der Waals surface area contributed by atoms with E-state index in [0.717, 1.165) is 25.9 Å². The van der Waals surface area contributed by atoms with E-state index in [1.165, 1.54) is 11.0 Å². The number of carbonyl (C=O) groups is 1. The molecule has 1 aliphatic rings. The normalized spacial score (nSPS) is 19.7. The Hall–Kier alpha value is -1.58. The number of nitrogens with zero attached hydrogens (tertiary/aromatic N) is 2. The molecule has 2 amide bonds. The number of para-hydroxylation sites is 1. The molecule has 2 rings (SSSR count). The molecule has 98 valence electrons. The summed E-state index contributed by atoms with van der Waals surface area (Å²) < 4.78 is 13.6. The standard InChI is InChI=1S/C14H19FN2O/c1-11-6-5-9-17(10-11)14(18)16(2)13-8-4-3-7-12(13)15/h3-4,7-8,11H,5-6,9-10H2,1-2H3. The number of hydrogen-bond donors (Lipinski definition) is 0. The minimum absolute atomic E-state index is 0.119. The van der Waals surface area contributed by atoms with E-state index >= 15 is 0 Å². The van der Waals surface area contributed by atoms with E-state index in [2.05, 4.69) is 6.92 Å². The van der Waals surface area contributed by atoms with E-state index in [-0.39, 0.29) is 11.8 Å². The fraction of sp³-hybridized carbons (Fsp3) is 0.500. The van der Waals surface area contributed by atoms with Crippen LogP contribution in [0.25, 0.3) is 0 Å². The monoisotopic (exact) mass is 250 g/mol. The predicted octanol–water partition coefficient (Wildman–Crippen LogP) is 3.11. The quantitative estimate of drug-likeness (QED) is 0.751. The molecule has 1 aliphatic heterocycles. The molecular weight excluding hydrogens is 231 g/mol. The molecule has 3 nitrogen and oxygen atoms in total.